The monoisotopic (exact) mass is 771 g/mol. The molecular weight excluding hydrogens is 685 g/mol. The number of carbonyl (C=O) groups is 3. The van der Waals surface area contributed by atoms with Gasteiger partial charge in [-0.25, -0.2) is 0 Å². The van der Waals surface area contributed by atoms with Gasteiger partial charge in [0.05, 0.1) is 0 Å². The molecule has 0 aromatic rings. The Morgan fingerprint density at radius 2 is 0.800 bits per heavy atom. The van der Waals surface area contributed by atoms with Gasteiger partial charge in [-0.1, -0.05) is 166 Å². The van der Waals surface area contributed by atoms with Crippen molar-refractivity contribution in [2.75, 3.05) is 13.2 Å². The van der Waals surface area contributed by atoms with Crippen LogP contribution in [-0.4, -0.2) is 37.2 Å². The van der Waals surface area contributed by atoms with Crippen LogP contribution < -0.4 is 0 Å². The van der Waals surface area contributed by atoms with E-state index in [2.05, 4.69) is 56.9 Å². The van der Waals surface area contributed by atoms with Gasteiger partial charge < -0.3 is 14.2 Å². The Balaban J connectivity index is 4.30. The third-order valence-electron chi connectivity index (χ3n) is 9.93. The first kappa shape index (κ1) is 52.4. The highest BCUT2D eigenvalue weighted by molar-refractivity contribution is 5.71. The maximum atomic E-state index is 12.7. The molecule has 0 N–H and O–H groups in total. The summed E-state index contributed by atoms with van der Waals surface area (Å²) in [4.78, 5) is 37.6. The number of allylic oxidation sites excluding steroid dienone is 7. The lowest BCUT2D eigenvalue weighted by molar-refractivity contribution is -0.167. The van der Waals surface area contributed by atoms with E-state index in [0.717, 1.165) is 103 Å². The summed E-state index contributed by atoms with van der Waals surface area (Å²) in [5, 5.41) is 0. The number of ether oxygens (including phenoxy) is 3. The van der Waals surface area contributed by atoms with Crippen LogP contribution >= 0.6 is 0 Å². The van der Waals surface area contributed by atoms with Gasteiger partial charge in [0.1, 0.15) is 13.2 Å². The lowest BCUT2D eigenvalue weighted by Gasteiger charge is -2.18. The molecule has 0 fully saturated rings. The second kappa shape index (κ2) is 44.1. The van der Waals surface area contributed by atoms with Crippen molar-refractivity contribution in [1.29, 1.82) is 0 Å². The highest BCUT2D eigenvalue weighted by Gasteiger charge is 2.19. The first-order valence-corrected chi connectivity index (χ1v) is 23.1. The van der Waals surface area contributed by atoms with Crippen LogP contribution in [0.25, 0.3) is 0 Å². The van der Waals surface area contributed by atoms with Gasteiger partial charge in [0.15, 0.2) is 6.10 Å². The molecule has 0 saturated heterocycles. The van der Waals surface area contributed by atoms with Gasteiger partial charge >= 0.3 is 17.9 Å². The minimum absolute atomic E-state index is 0.0854. The molecule has 0 rings (SSSR count). The van der Waals surface area contributed by atoms with E-state index in [4.69, 9.17) is 14.2 Å². The van der Waals surface area contributed by atoms with Crippen LogP contribution in [0.5, 0.6) is 0 Å². The summed E-state index contributed by atoms with van der Waals surface area (Å²) in [6.07, 6.45) is 50.0. The molecule has 0 bridgehead atoms. The lowest BCUT2D eigenvalue weighted by atomic mass is 10.1. The second-order valence-corrected chi connectivity index (χ2v) is 15.4. The number of hydrogen-bond acceptors (Lipinski definition) is 6. The Labute approximate surface area is 339 Å². The fraction of sp³-hybridized carbons (Fsp3) is 0.776. The van der Waals surface area contributed by atoms with E-state index in [-0.39, 0.29) is 31.1 Å². The van der Waals surface area contributed by atoms with E-state index in [0.29, 0.717) is 19.3 Å². The zero-order valence-corrected chi connectivity index (χ0v) is 36.0. The Bertz CT molecular complexity index is 966. The summed E-state index contributed by atoms with van der Waals surface area (Å²) < 4.78 is 16.6. The minimum atomic E-state index is -0.781. The van der Waals surface area contributed by atoms with Crippen LogP contribution in [0.3, 0.4) is 0 Å². The van der Waals surface area contributed by atoms with Gasteiger partial charge in [0.25, 0.3) is 0 Å². The first-order valence-electron chi connectivity index (χ1n) is 23.1. The lowest BCUT2D eigenvalue weighted by Crippen LogP contribution is -2.30. The Morgan fingerprint density at radius 1 is 0.436 bits per heavy atom. The molecule has 0 saturated carbocycles. The normalized spacial score (nSPS) is 12.2. The minimum Gasteiger partial charge on any atom is -0.462 e. The average Bonchev–Trinajstić information content (AvgIpc) is 3.18. The molecule has 0 spiro atoms. The summed E-state index contributed by atoms with van der Waals surface area (Å²) in [5.74, 6) is -0.923. The Hall–Kier alpha value is -2.63. The molecule has 0 aliphatic rings. The number of esters is 3. The van der Waals surface area contributed by atoms with E-state index < -0.39 is 6.10 Å². The first-order chi connectivity index (χ1) is 27.0. The number of unbranched alkanes of at least 4 members (excludes halogenated alkanes) is 24. The topological polar surface area (TPSA) is 78.9 Å². The van der Waals surface area contributed by atoms with Crippen molar-refractivity contribution in [2.24, 2.45) is 0 Å². The van der Waals surface area contributed by atoms with Gasteiger partial charge in [-0.2, -0.15) is 0 Å². The average molecular weight is 771 g/mol. The van der Waals surface area contributed by atoms with Crippen molar-refractivity contribution >= 4 is 17.9 Å². The van der Waals surface area contributed by atoms with Gasteiger partial charge in [-0.05, 0) is 83.5 Å². The van der Waals surface area contributed by atoms with Gasteiger partial charge in [-0.15, -0.1) is 6.58 Å². The molecule has 0 aliphatic carbocycles. The molecule has 1 unspecified atom stereocenters. The maximum Gasteiger partial charge on any atom is 0.306 e. The smallest absolute Gasteiger partial charge is 0.306 e. The standard InChI is InChI=1S/C49H86O6/c1-4-7-10-13-16-18-20-22-24-26-28-30-33-36-39-42-48(51)54-45-46(44-53-47(50)41-38-35-32-15-12-9-6-3)55-49(52)43-40-37-34-31-29-27-25-23-21-19-17-14-11-8-5-2/h6,8,11,17,19,22,24,46H,3-5,7,9-10,12-16,18,20-21,23,25-45H2,1-2H3/b11-8-,19-17-,24-22-. The summed E-state index contributed by atoms with van der Waals surface area (Å²) >= 11 is 0. The third kappa shape index (κ3) is 42.4. The number of carbonyl (C=O) groups excluding carboxylic acids is 3. The highest BCUT2D eigenvalue weighted by Crippen LogP contribution is 2.14. The summed E-state index contributed by atoms with van der Waals surface area (Å²) in [7, 11) is 0. The van der Waals surface area contributed by atoms with Crippen molar-refractivity contribution in [3.8, 4) is 0 Å². The SMILES string of the molecule is C=CCCCCCCCC(=O)OCC(COC(=O)CCCCCCC/C=C\CCCCCCCC)OC(=O)CCCCCCCCCC/C=C\C/C=C\CC. The van der Waals surface area contributed by atoms with Crippen molar-refractivity contribution in [3.63, 3.8) is 0 Å². The van der Waals surface area contributed by atoms with E-state index in [1.54, 1.807) is 0 Å². The molecule has 0 aliphatic heterocycles. The second-order valence-electron chi connectivity index (χ2n) is 15.4. The molecule has 0 heterocycles. The molecule has 1 atom stereocenters. The van der Waals surface area contributed by atoms with Crippen molar-refractivity contribution in [2.45, 2.75) is 232 Å². The summed E-state index contributed by atoms with van der Waals surface area (Å²) in [6, 6.07) is 0. The van der Waals surface area contributed by atoms with Crippen LogP contribution in [0, 0.1) is 0 Å². The molecule has 0 amide bonds. The van der Waals surface area contributed by atoms with Crippen LogP contribution in [0.15, 0.2) is 49.1 Å². The van der Waals surface area contributed by atoms with E-state index in [1.807, 2.05) is 6.08 Å². The predicted molar refractivity (Wildman–Crippen MR) is 233 cm³/mol. The van der Waals surface area contributed by atoms with Crippen LogP contribution in [-0.2, 0) is 28.6 Å². The molecule has 6 heteroatoms. The maximum absolute atomic E-state index is 12.7. The summed E-state index contributed by atoms with van der Waals surface area (Å²) in [5.41, 5.74) is 0. The third-order valence-corrected chi connectivity index (χ3v) is 9.93. The van der Waals surface area contributed by atoms with Crippen LogP contribution in [0.1, 0.15) is 226 Å². The Kier molecular flexibility index (Phi) is 42.0. The molecule has 55 heavy (non-hydrogen) atoms. The fourth-order valence-electron chi connectivity index (χ4n) is 6.45. The molecule has 6 nitrogen and oxygen atoms in total. The molecule has 0 aromatic heterocycles. The van der Waals surface area contributed by atoms with Gasteiger partial charge in [-0.3, -0.25) is 14.4 Å². The van der Waals surface area contributed by atoms with Crippen molar-refractivity contribution < 1.29 is 28.6 Å². The van der Waals surface area contributed by atoms with E-state index in [1.165, 1.54) is 89.9 Å². The zero-order valence-electron chi connectivity index (χ0n) is 36.0. The zero-order chi connectivity index (χ0) is 40.1. The molecule has 318 valence electrons. The van der Waals surface area contributed by atoms with Gasteiger partial charge in [0, 0.05) is 19.3 Å². The predicted octanol–water partition coefficient (Wildman–Crippen LogP) is 14.8. The van der Waals surface area contributed by atoms with E-state index in [9.17, 15) is 14.4 Å². The van der Waals surface area contributed by atoms with Gasteiger partial charge in [0.2, 0.25) is 0 Å². The van der Waals surface area contributed by atoms with Crippen molar-refractivity contribution in [3.05, 3.63) is 49.1 Å². The molecule has 0 aromatic carbocycles. The van der Waals surface area contributed by atoms with Crippen LogP contribution in [0.4, 0.5) is 0 Å². The quantitative estimate of drug-likeness (QED) is 0.0266. The van der Waals surface area contributed by atoms with Crippen LogP contribution in [0.2, 0.25) is 0 Å². The Morgan fingerprint density at radius 3 is 1.24 bits per heavy atom. The molecular formula is C49H86O6. The fourth-order valence-corrected chi connectivity index (χ4v) is 6.45. The van der Waals surface area contributed by atoms with E-state index >= 15 is 0 Å². The summed E-state index contributed by atoms with van der Waals surface area (Å²) in [6.45, 7) is 8.00. The largest absolute Gasteiger partial charge is 0.462 e. The number of hydrogen-bond donors (Lipinski definition) is 0. The van der Waals surface area contributed by atoms with Crippen molar-refractivity contribution in [1.82, 2.24) is 0 Å². The highest BCUT2D eigenvalue weighted by atomic mass is 16.6. The molecule has 0 radical (unpaired) electrons. The number of rotatable bonds is 42.